The van der Waals surface area contributed by atoms with Crippen molar-refractivity contribution in [3.63, 3.8) is 0 Å². The number of halogens is 1. The summed E-state index contributed by atoms with van der Waals surface area (Å²) >= 11 is 5.81. The van der Waals surface area contributed by atoms with Gasteiger partial charge in [0.2, 0.25) is 15.9 Å². The number of carbonyl (C=O) groups is 1. The van der Waals surface area contributed by atoms with Crippen molar-refractivity contribution in [2.24, 2.45) is 0 Å². The van der Waals surface area contributed by atoms with E-state index < -0.39 is 10.0 Å². The highest BCUT2D eigenvalue weighted by Gasteiger charge is 2.13. The van der Waals surface area contributed by atoms with Crippen molar-refractivity contribution in [1.29, 1.82) is 0 Å². The lowest BCUT2D eigenvalue weighted by Crippen LogP contribution is -2.38. The molecular formula is C14H21ClN2O3S. The Labute approximate surface area is 131 Å². The number of benzene rings is 1. The van der Waals surface area contributed by atoms with Gasteiger partial charge in [0.15, 0.2) is 0 Å². The lowest BCUT2D eigenvalue weighted by molar-refractivity contribution is -0.116. The molecule has 0 aliphatic rings. The first kappa shape index (κ1) is 17.9. The summed E-state index contributed by atoms with van der Waals surface area (Å²) in [5, 5.41) is 0.586. The third kappa shape index (κ3) is 6.46. The van der Waals surface area contributed by atoms with Crippen LogP contribution < -0.4 is 9.62 Å². The van der Waals surface area contributed by atoms with E-state index in [1.54, 1.807) is 24.3 Å². The normalized spacial score (nSPS) is 11.4. The average Bonchev–Trinajstić information content (AvgIpc) is 2.42. The summed E-state index contributed by atoms with van der Waals surface area (Å²) in [4.78, 5) is 13.2. The molecule has 0 fully saturated rings. The topological polar surface area (TPSA) is 66.5 Å². The van der Waals surface area contributed by atoms with Crippen LogP contribution in [0.1, 0.15) is 26.7 Å². The van der Waals surface area contributed by atoms with Crippen molar-refractivity contribution in [3.8, 4) is 0 Å². The van der Waals surface area contributed by atoms with E-state index in [0.717, 1.165) is 6.42 Å². The van der Waals surface area contributed by atoms with Crippen molar-refractivity contribution < 1.29 is 13.2 Å². The quantitative estimate of drug-likeness (QED) is 0.795. The van der Waals surface area contributed by atoms with Crippen LogP contribution in [0.15, 0.2) is 24.3 Å². The van der Waals surface area contributed by atoms with Gasteiger partial charge in [-0.2, -0.15) is 0 Å². The molecule has 0 spiro atoms. The molecule has 0 saturated heterocycles. The number of anilines is 1. The molecule has 0 aromatic heterocycles. The van der Waals surface area contributed by atoms with Gasteiger partial charge in [-0.1, -0.05) is 24.9 Å². The van der Waals surface area contributed by atoms with E-state index in [2.05, 4.69) is 4.72 Å². The van der Waals surface area contributed by atoms with Crippen molar-refractivity contribution in [1.82, 2.24) is 4.72 Å². The first-order chi connectivity index (χ1) is 9.85. The zero-order valence-corrected chi connectivity index (χ0v) is 13.9. The van der Waals surface area contributed by atoms with Gasteiger partial charge in [0, 0.05) is 30.7 Å². The lowest BCUT2D eigenvalue weighted by Gasteiger charge is -2.21. The number of nitrogens with zero attached hydrogens (tertiary/aromatic N) is 1. The van der Waals surface area contributed by atoms with Crippen LogP contribution in [-0.2, 0) is 14.8 Å². The molecule has 5 nitrogen and oxygen atoms in total. The van der Waals surface area contributed by atoms with E-state index in [0.29, 0.717) is 17.1 Å². The summed E-state index contributed by atoms with van der Waals surface area (Å²) in [6.45, 7) is 3.85. The summed E-state index contributed by atoms with van der Waals surface area (Å²) in [6.07, 6.45) is 1.45. The van der Waals surface area contributed by atoms with Gasteiger partial charge in [-0.15, -0.1) is 0 Å². The SMILES string of the molecule is CCCCS(=O)(=O)NCCN(C(C)=O)c1ccc(Cl)cc1. The maximum atomic E-state index is 11.7. The maximum absolute atomic E-state index is 11.7. The minimum Gasteiger partial charge on any atom is -0.311 e. The van der Waals surface area contributed by atoms with Gasteiger partial charge in [0.25, 0.3) is 0 Å². The average molecular weight is 333 g/mol. The molecular weight excluding hydrogens is 312 g/mol. The molecule has 0 aliphatic heterocycles. The number of nitrogens with one attached hydrogen (secondary N) is 1. The fourth-order valence-electron chi connectivity index (χ4n) is 1.81. The number of hydrogen-bond donors (Lipinski definition) is 1. The van der Waals surface area contributed by atoms with Crippen LogP contribution in [0.3, 0.4) is 0 Å². The summed E-state index contributed by atoms with van der Waals surface area (Å²) in [6, 6.07) is 6.85. The zero-order valence-electron chi connectivity index (χ0n) is 12.3. The maximum Gasteiger partial charge on any atom is 0.223 e. The largest absolute Gasteiger partial charge is 0.311 e. The Morgan fingerprint density at radius 3 is 2.43 bits per heavy atom. The van der Waals surface area contributed by atoms with E-state index >= 15 is 0 Å². The fraction of sp³-hybridized carbons (Fsp3) is 0.500. The molecule has 1 aromatic rings. The second-order valence-electron chi connectivity index (χ2n) is 4.71. The number of sulfonamides is 1. The van der Waals surface area contributed by atoms with Crippen LogP contribution in [0, 0.1) is 0 Å². The van der Waals surface area contributed by atoms with Gasteiger partial charge in [-0.25, -0.2) is 13.1 Å². The number of hydrogen-bond acceptors (Lipinski definition) is 3. The minimum atomic E-state index is -3.26. The van der Waals surface area contributed by atoms with Crippen LogP contribution in [0.5, 0.6) is 0 Å². The monoisotopic (exact) mass is 332 g/mol. The van der Waals surface area contributed by atoms with Crippen molar-refractivity contribution >= 4 is 33.2 Å². The molecule has 0 saturated carbocycles. The Morgan fingerprint density at radius 1 is 1.29 bits per heavy atom. The Morgan fingerprint density at radius 2 is 1.90 bits per heavy atom. The predicted octanol–water partition coefficient (Wildman–Crippen LogP) is 2.41. The second-order valence-corrected chi connectivity index (χ2v) is 7.08. The molecule has 118 valence electrons. The molecule has 1 rings (SSSR count). The number of carbonyl (C=O) groups excluding carboxylic acids is 1. The van der Waals surface area contributed by atoms with E-state index in [9.17, 15) is 13.2 Å². The molecule has 0 bridgehead atoms. The first-order valence-electron chi connectivity index (χ1n) is 6.86. The van der Waals surface area contributed by atoms with Gasteiger partial charge in [-0.05, 0) is 30.7 Å². The number of unbranched alkanes of at least 4 members (excludes halogenated alkanes) is 1. The van der Waals surface area contributed by atoms with Crippen LogP contribution in [0.4, 0.5) is 5.69 Å². The molecule has 0 unspecified atom stereocenters. The number of amides is 1. The second kappa shape index (κ2) is 8.36. The first-order valence-corrected chi connectivity index (χ1v) is 8.89. The van der Waals surface area contributed by atoms with Gasteiger partial charge in [0.05, 0.1) is 5.75 Å². The van der Waals surface area contributed by atoms with Crippen LogP contribution in [0.2, 0.25) is 5.02 Å². The van der Waals surface area contributed by atoms with Crippen LogP contribution in [-0.4, -0.2) is 33.2 Å². The highest BCUT2D eigenvalue weighted by molar-refractivity contribution is 7.89. The highest BCUT2D eigenvalue weighted by Crippen LogP contribution is 2.17. The Balaban J connectivity index is 2.61. The third-order valence-corrected chi connectivity index (χ3v) is 4.66. The minimum absolute atomic E-state index is 0.116. The molecule has 1 amide bonds. The molecule has 0 radical (unpaired) electrons. The van der Waals surface area contributed by atoms with Gasteiger partial charge in [0.1, 0.15) is 0 Å². The summed E-state index contributed by atoms with van der Waals surface area (Å²) in [5.41, 5.74) is 0.694. The van der Waals surface area contributed by atoms with E-state index in [4.69, 9.17) is 11.6 Å². The Bertz CT molecular complexity index is 558. The Kier molecular flexibility index (Phi) is 7.14. The third-order valence-electron chi connectivity index (χ3n) is 2.94. The summed E-state index contributed by atoms with van der Waals surface area (Å²) in [7, 11) is -3.26. The molecule has 1 aromatic carbocycles. The van der Waals surface area contributed by atoms with Crippen molar-refractivity contribution in [2.45, 2.75) is 26.7 Å². The van der Waals surface area contributed by atoms with E-state index in [-0.39, 0.29) is 24.7 Å². The summed E-state index contributed by atoms with van der Waals surface area (Å²) < 4.78 is 25.9. The zero-order chi connectivity index (χ0) is 15.9. The van der Waals surface area contributed by atoms with Crippen LogP contribution >= 0.6 is 11.6 Å². The predicted molar refractivity (Wildman–Crippen MR) is 86.2 cm³/mol. The van der Waals surface area contributed by atoms with Gasteiger partial charge in [-0.3, -0.25) is 4.79 Å². The molecule has 0 heterocycles. The number of rotatable bonds is 8. The van der Waals surface area contributed by atoms with Gasteiger partial charge < -0.3 is 4.90 Å². The molecule has 0 aliphatic carbocycles. The highest BCUT2D eigenvalue weighted by atomic mass is 35.5. The molecule has 21 heavy (non-hydrogen) atoms. The standard InChI is InChI=1S/C14H21ClN2O3S/c1-3-4-11-21(19,20)16-9-10-17(12(2)18)14-7-5-13(15)6-8-14/h5-8,16H,3-4,9-11H2,1-2H3. The van der Waals surface area contributed by atoms with E-state index in [1.807, 2.05) is 6.92 Å². The van der Waals surface area contributed by atoms with E-state index in [1.165, 1.54) is 11.8 Å². The van der Waals surface area contributed by atoms with Gasteiger partial charge >= 0.3 is 0 Å². The fourth-order valence-corrected chi connectivity index (χ4v) is 3.15. The molecule has 7 heteroatoms. The molecule has 0 atom stereocenters. The summed E-state index contributed by atoms with van der Waals surface area (Å²) in [5.74, 6) is -0.0325. The van der Waals surface area contributed by atoms with Crippen molar-refractivity contribution in [2.75, 3.05) is 23.7 Å². The van der Waals surface area contributed by atoms with Crippen LogP contribution in [0.25, 0.3) is 0 Å². The lowest BCUT2D eigenvalue weighted by atomic mass is 10.3. The smallest absolute Gasteiger partial charge is 0.223 e. The molecule has 1 N–H and O–H groups in total. The Hall–Kier alpha value is -1.11. The van der Waals surface area contributed by atoms with Crippen molar-refractivity contribution in [3.05, 3.63) is 29.3 Å².